The number of aryl methyl sites for hydroxylation is 1. The summed E-state index contributed by atoms with van der Waals surface area (Å²) in [4.78, 5) is 0. The number of aliphatic hydroxyl groups is 1. The van der Waals surface area contributed by atoms with Crippen molar-refractivity contribution in [2.24, 2.45) is 12.5 Å². The van der Waals surface area contributed by atoms with E-state index in [9.17, 15) is 0 Å². The molecule has 1 heterocycles. The normalized spacial score (nSPS) is 14.1. The van der Waals surface area contributed by atoms with Gasteiger partial charge in [-0.2, -0.15) is 0 Å². The largest absolute Gasteiger partial charge is 0.396 e. The van der Waals surface area contributed by atoms with Gasteiger partial charge in [-0.3, -0.25) is 4.68 Å². The zero-order valence-corrected chi connectivity index (χ0v) is 10.6. The molecule has 0 amide bonds. The second-order valence-corrected chi connectivity index (χ2v) is 5.16. The van der Waals surface area contributed by atoms with Gasteiger partial charge in [-0.25, -0.2) is 0 Å². The summed E-state index contributed by atoms with van der Waals surface area (Å²) in [6, 6.07) is 0.285. The van der Waals surface area contributed by atoms with Crippen LogP contribution in [0.3, 0.4) is 0 Å². The van der Waals surface area contributed by atoms with Gasteiger partial charge in [0.25, 0.3) is 0 Å². The van der Waals surface area contributed by atoms with Crippen LogP contribution in [-0.2, 0) is 13.6 Å². The Kier molecular flexibility index (Phi) is 4.44. The van der Waals surface area contributed by atoms with Crippen molar-refractivity contribution < 1.29 is 5.11 Å². The third kappa shape index (κ3) is 3.57. The molecule has 0 bridgehead atoms. The number of nitrogens with one attached hydrogen (secondary N) is 1. The average Bonchev–Trinajstić information content (AvgIpc) is 2.57. The smallest absolute Gasteiger partial charge is 0.0738 e. The Morgan fingerprint density at radius 2 is 2.19 bits per heavy atom. The molecular weight excluding hydrogens is 204 g/mol. The maximum Gasteiger partial charge on any atom is 0.0738 e. The lowest BCUT2D eigenvalue weighted by Gasteiger charge is -2.31. The van der Waals surface area contributed by atoms with Crippen molar-refractivity contribution in [3.05, 3.63) is 11.9 Å². The third-order valence-corrected chi connectivity index (χ3v) is 2.80. The molecule has 5 nitrogen and oxygen atoms in total. The van der Waals surface area contributed by atoms with Crippen molar-refractivity contribution >= 4 is 0 Å². The molecular formula is C11H22N4O. The molecule has 0 aliphatic carbocycles. The Morgan fingerprint density at radius 1 is 1.50 bits per heavy atom. The van der Waals surface area contributed by atoms with Gasteiger partial charge < -0.3 is 10.4 Å². The maximum absolute atomic E-state index is 9.04. The predicted molar refractivity (Wildman–Crippen MR) is 62.8 cm³/mol. The molecule has 0 saturated carbocycles. The highest BCUT2D eigenvalue weighted by molar-refractivity contribution is 4.94. The Labute approximate surface area is 96.9 Å². The van der Waals surface area contributed by atoms with Crippen LogP contribution in [0.2, 0.25) is 0 Å². The molecule has 1 aromatic rings. The van der Waals surface area contributed by atoms with Crippen LogP contribution in [0.5, 0.6) is 0 Å². The molecule has 0 radical (unpaired) electrons. The van der Waals surface area contributed by atoms with E-state index < -0.39 is 0 Å². The highest BCUT2D eigenvalue weighted by atomic mass is 16.3. The van der Waals surface area contributed by atoms with Crippen LogP contribution in [-0.4, -0.2) is 32.7 Å². The van der Waals surface area contributed by atoms with E-state index in [1.807, 2.05) is 7.05 Å². The third-order valence-electron chi connectivity index (χ3n) is 2.80. The quantitative estimate of drug-likeness (QED) is 0.776. The zero-order valence-electron chi connectivity index (χ0n) is 10.6. The molecule has 1 rings (SSSR count). The average molecular weight is 226 g/mol. The number of hydrogen-bond acceptors (Lipinski definition) is 4. The molecule has 16 heavy (non-hydrogen) atoms. The second-order valence-electron chi connectivity index (χ2n) is 5.16. The highest BCUT2D eigenvalue weighted by Crippen LogP contribution is 2.21. The lowest BCUT2D eigenvalue weighted by molar-refractivity contribution is 0.195. The summed E-state index contributed by atoms with van der Waals surface area (Å²) in [5, 5.41) is 20.2. The topological polar surface area (TPSA) is 63.0 Å². The number of aromatic nitrogens is 3. The van der Waals surface area contributed by atoms with E-state index in [0.717, 1.165) is 18.7 Å². The Morgan fingerprint density at radius 3 is 2.62 bits per heavy atom. The molecule has 1 aromatic heterocycles. The van der Waals surface area contributed by atoms with E-state index >= 15 is 0 Å². The summed E-state index contributed by atoms with van der Waals surface area (Å²) in [5.41, 5.74) is 1.18. The number of hydrogen-bond donors (Lipinski definition) is 2. The van der Waals surface area contributed by atoms with E-state index in [-0.39, 0.29) is 18.1 Å². The molecule has 1 unspecified atom stereocenters. The van der Waals surface area contributed by atoms with Gasteiger partial charge in [-0.05, 0) is 11.8 Å². The van der Waals surface area contributed by atoms with Gasteiger partial charge in [-0.15, -0.1) is 5.10 Å². The van der Waals surface area contributed by atoms with Gasteiger partial charge in [0.2, 0.25) is 0 Å². The molecule has 0 spiro atoms. The van der Waals surface area contributed by atoms with Crippen molar-refractivity contribution in [3.8, 4) is 0 Å². The molecule has 92 valence electrons. The van der Waals surface area contributed by atoms with E-state index in [0.29, 0.717) is 0 Å². The summed E-state index contributed by atoms with van der Waals surface area (Å²) in [5.74, 6) is 0. The molecule has 0 saturated heterocycles. The van der Waals surface area contributed by atoms with Crippen LogP contribution in [0.1, 0.15) is 32.9 Å². The minimum Gasteiger partial charge on any atom is -0.396 e. The fourth-order valence-corrected chi connectivity index (χ4v) is 1.67. The summed E-state index contributed by atoms with van der Waals surface area (Å²) < 4.78 is 1.76. The van der Waals surface area contributed by atoms with Gasteiger partial charge in [0.15, 0.2) is 0 Å². The maximum atomic E-state index is 9.04. The minimum absolute atomic E-state index is 0.134. The van der Waals surface area contributed by atoms with Gasteiger partial charge in [-0.1, -0.05) is 26.0 Å². The number of nitrogens with zero attached hydrogens (tertiary/aromatic N) is 3. The zero-order chi connectivity index (χ0) is 12.2. The summed E-state index contributed by atoms with van der Waals surface area (Å²) in [6.45, 7) is 7.44. The SMILES string of the molecule is Cn1nncc1CNC(CCO)C(C)(C)C. The predicted octanol–water partition coefficient (Wildman–Crippen LogP) is 0.702. The Balaban J connectivity index is 2.54. The first kappa shape index (κ1) is 13.1. The van der Waals surface area contributed by atoms with E-state index in [4.69, 9.17) is 5.11 Å². The Bertz CT molecular complexity index is 316. The lowest BCUT2D eigenvalue weighted by Crippen LogP contribution is -2.40. The first-order valence-corrected chi connectivity index (χ1v) is 5.63. The van der Waals surface area contributed by atoms with Crippen LogP contribution in [0.25, 0.3) is 0 Å². The highest BCUT2D eigenvalue weighted by Gasteiger charge is 2.23. The molecule has 0 aromatic carbocycles. The van der Waals surface area contributed by atoms with Crippen molar-refractivity contribution in [1.82, 2.24) is 20.3 Å². The number of rotatable bonds is 5. The van der Waals surface area contributed by atoms with Crippen LogP contribution < -0.4 is 5.32 Å². The van der Waals surface area contributed by atoms with E-state index in [1.54, 1.807) is 10.9 Å². The first-order chi connectivity index (χ1) is 7.45. The fourth-order valence-electron chi connectivity index (χ4n) is 1.67. The molecule has 0 fully saturated rings. The van der Waals surface area contributed by atoms with Crippen molar-refractivity contribution in [2.75, 3.05) is 6.61 Å². The van der Waals surface area contributed by atoms with Crippen LogP contribution in [0.4, 0.5) is 0 Å². The van der Waals surface area contributed by atoms with Crippen LogP contribution >= 0.6 is 0 Å². The van der Waals surface area contributed by atoms with Gasteiger partial charge in [0, 0.05) is 26.2 Å². The van der Waals surface area contributed by atoms with E-state index in [2.05, 4.69) is 36.4 Å². The summed E-state index contributed by atoms with van der Waals surface area (Å²) in [6.07, 6.45) is 2.51. The fraction of sp³-hybridized carbons (Fsp3) is 0.818. The van der Waals surface area contributed by atoms with Gasteiger partial charge in [0.1, 0.15) is 0 Å². The van der Waals surface area contributed by atoms with Crippen LogP contribution in [0.15, 0.2) is 6.20 Å². The second kappa shape index (κ2) is 5.41. The van der Waals surface area contributed by atoms with Crippen LogP contribution in [0, 0.1) is 5.41 Å². The molecule has 2 N–H and O–H groups in total. The van der Waals surface area contributed by atoms with Crippen molar-refractivity contribution in [1.29, 1.82) is 0 Å². The number of aliphatic hydroxyl groups excluding tert-OH is 1. The van der Waals surface area contributed by atoms with E-state index in [1.165, 1.54) is 0 Å². The molecule has 0 aliphatic rings. The summed E-state index contributed by atoms with van der Waals surface area (Å²) in [7, 11) is 1.88. The molecule has 1 atom stereocenters. The lowest BCUT2D eigenvalue weighted by atomic mass is 9.85. The molecule has 0 aliphatic heterocycles. The minimum atomic E-state index is 0.134. The van der Waals surface area contributed by atoms with Gasteiger partial charge >= 0.3 is 0 Å². The van der Waals surface area contributed by atoms with Crippen molar-refractivity contribution in [3.63, 3.8) is 0 Å². The van der Waals surface area contributed by atoms with Gasteiger partial charge in [0.05, 0.1) is 11.9 Å². The Hall–Kier alpha value is -0.940. The summed E-state index contributed by atoms with van der Waals surface area (Å²) >= 11 is 0. The van der Waals surface area contributed by atoms with Crippen molar-refractivity contribution in [2.45, 2.75) is 39.8 Å². The standard InChI is InChI=1S/C11H22N4O/c1-11(2,3)10(5-6-16)12-7-9-8-13-14-15(9)4/h8,10,12,16H,5-7H2,1-4H3. The first-order valence-electron chi connectivity index (χ1n) is 5.63. The molecule has 5 heteroatoms. The monoisotopic (exact) mass is 226 g/mol.